The van der Waals surface area contributed by atoms with Gasteiger partial charge in [-0.2, -0.15) is 0 Å². The first-order valence-electron chi connectivity index (χ1n) is 9.17. The second-order valence-corrected chi connectivity index (χ2v) is 6.98. The van der Waals surface area contributed by atoms with E-state index in [4.69, 9.17) is 16.3 Å². The van der Waals surface area contributed by atoms with Crippen LogP contribution in [0.1, 0.15) is 15.9 Å². The minimum absolute atomic E-state index is 0.117. The predicted octanol–water partition coefficient (Wildman–Crippen LogP) is 3.85. The van der Waals surface area contributed by atoms with Crippen LogP contribution in [0.25, 0.3) is 0 Å². The van der Waals surface area contributed by atoms with E-state index in [1.807, 2.05) is 30.3 Å². The molecule has 1 N–H and O–H groups in total. The van der Waals surface area contributed by atoms with Gasteiger partial charge in [0.1, 0.15) is 12.1 Å². The number of pyridine rings is 1. The molecule has 0 saturated heterocycles. The van der Waals surface area contributed by atoms with Crippen molar-refractivity contribution in [1.82, 2.24) is 10.3 Å². The number of benzene rings is 2. The molecule has 0 aliphatic carbocycles. The van der Waals surface area contributed by atoms with Gasteiger partial charge in [0, 0.05) is 17.8 Å². The number of hydrogen-bond donors (Lipinski definition) is 1. The van der Waals surface area contributed by atoms with Gasteiger partial charge in [0.2, 0.25) is 11.8 Å². The first kappa shape index (κ1) is 19.0. The van der Waals surface area contributed by atoms with Crippen molar-refractivity contribution >= 4 is 29.1 Å². The predicted molar refractivity (Wildman–Crippen MR) is 111 cm³/mol. The number of nitrogens with zero attached hydrogens (tertiary/aromatic N) is 2. The summed E-state index contributed by atoms with van der Waals surface area (Å²) >= 11 is 5.89. The Hall–Kier alpha value is -3.38. The van der Waals surface area contributed by atoms with E-state index in [2.05, 4.69) is 10.3 Å². The van der Waals surface area contributed by atoms with E-state index in [9.17, 15) is 9.59 Å². The molecule has 4 rings (SSSR count). The molecule has 3 aromatic rings. The van der Waals surface area contributed by atoms with Crippen LogP contribution in [-0.4, -0.2) is 29.9 Å². The minimum atomic E-state index is -0.328. The number of fused-ring (bicyclic) bond motifs is 2. The molecule has 0 saturated carbocycles. The Kier molecular flexibility index (Phi) is 5.44. The molecule has 0 bridgehead atoms. The standard InChI is InChI=1S/C22H18ClN3O3/c23-16-9-7-15(8-10-16)11-13-24-20(27)14-26-18-5-1-2-6-19(18)29-21-17(22(26)28)4-3-12-25-21/h1-10,12H,11,13-14H2,(H,24,27). The lowest BCUT2D eigenvalue weighted by molar-refractivity contribution is -0.119. The lowest BCUT2D eigenvalue weighted by atomic mass is 10.1. The van der Waals surface area contributed by atoms with Gasteiger partial charge in [0.05, 0.1) is 5.69 Å². The van der Waals surface area contributed by atoms with Crippen LogP contribution in [-0.2, 0) is 11.2 Å². The number of carbonyl (C=O) groups excluding carboxylic acids is 2. The Morgan fingerprint density at radius 2 is 1.86 bits per heavy atom. The molecule has 1 aliphatic rings. The summed E-state index contributed by atoms with van der Waals surface area (Å²) in [5, 5.41) is 3.54. The van der Waals surface area contributed by atoms with Crippen LogP contribution < -0.4 is 15.0 Å². The molecule has 2 heterocycles. The number of anilines is 1. The molecular formula is C22H18ClN3O3. The zero-order chi connectivity index (χ0) is 20.2. The molecule has 146 valence electrons. The second-order valence-electron chi connectivity index (χ2n) is 6.54. The summed E-state index contributed by atoms with van der Waals surface area (Å²) in [5.74, 6) is 0.128. The lowest BCUT2D eigenvalue weighted by Gasteiger charge is -2.21. The summed E-state index contributed by atoms with van der Waals surface area (Å²) in [6.45, 7) is 0.340. The average molecular weight is 408 g/mol. The van der Waals surface area contributed by atoms with Gasteiger partial charge < -0.3 is 10.1 Å². The Morgan fingerprint density at radius 1 is 1.07 bits per heavy atom. The maximum Gasteiger partial charge on any atom is 0.264 e. The zero-order valence-corrected chi connectivity index (χ0v) is 16.2. The third-order valence-corrected chi connectivity index (χ3v) is 4.81. The maximum absolute atomic E-state index is 13.1. The van der Waals surface area contributed by atoms with Crippen molar-refractivity contribution in [2.45, 2.75) is 6.42 Å². The molecule has 0 radical (unpaired) electrons. The normalized spacial score (nSPS) is 12.4. The number of amides is 2. The Balaban J connectivity index is 1.48. The number of halogens is 1. The summed E-state index contributed by atoms with van der Waals surface area (Å²) in [6, 6.07) is 17.9. The van der Waals surface area contributed by atoms with Crippen molar-refractivity contribution in [2.24, 2.45) is 0 Å². The fourth-order valence-corrected chi connectivity index (χ4v) is 3.24. The van der Waals surface area contributed by atoms with Crippen LogP contribution in [0.15, 0.2) is 66.9 Å². The van der Waals surface area contributed by atoms with E-state index >= 15 is 0 Å². The molecule has 1 aromatic heterocycles. The SMILES string of the molecule is O=C(CN1C(=O)c2cccnc2Oc2ccccc21)NCCc1ccc(Cl)cc1. The highest BCUT2D eigenvalue weighted by atomic mass is 35.5. The number of rotatable bonds is 5. The van der Waals surface area contributed by atoms with Gasteiger partial charge in [-0.25, -0.2) is 4.98 Å². The Labute approximate surface area is 173 Å². The van der Waals surface area contributed by atoms with Crippen LogP contribution in [0.4, 0.5) is 5.69 Å². The van der Waals surface area contributed by atoms with Gasteiger partial charge in [0.25, 0.3) is 5.91 Å². The van der Waals surface area contributed by atoms with Gasteiger partial charge in [-0.3, -0.25) is 14.5 Å². The monoisotopic (exact) mass is 407 g/mol. The Morgan fingerprint density at radius 3 is 2.69 bits per heavy atom. The first-order valence-corrected chi connectivity index (χ1v) is 9.54. The second kappa shape index (κ2) is 8.32. The number of carbonyl (C=O) groups is 2. The number of aromatic nitrogens is 1. The highest BCUT2D eigenvalue weighted by molar-refractivity contribution is 6.30. The van der Waals surface area contributed by atoms with Crippen LogP contribution in [0.2, 0.25) is 5.02 Å². The van der Waals surface area contributed by atoms with Crippen molar-refractivity contribution in [2.75, 3.05) is 18.0 Å². The summed E-state index contributed by atoms with van der Waals surface area (Å²) in [4.78, 5) is 31.2. The number of nitrogens with one attached hydrogen (secondary N) is 1. The molecule has 29 heavy (non-hydrogen) atoms. The van der Waals surface area contributed by atoms with Crippen LogP contribution in [0, 0.1) is 0 Å². The molecule has 0 unspecified atom stereocenters. The summed E-state index contributed by atoms with van der Waals surface area (Å²) in [5.41, 5.74) is 1.92. The highest BCUT2D eigenvalue weighted by Gasteiger charge is 2.29. The number of hydrogen-bond acceptors (Lipinski definition) is 4. The van der Waals surface area contributed by atoms with Gasteiger partial charge >= 0.3 is 0 Å². The van der Waals surface area contributed by atoms with Gasteiger partial charge in [-0.05, 0) is 48.4 Å². The largest absolute Gasteiger partial charge is 0.436 e. The lowest BCUT2D eigenvalue weighted by Crippen LogP contribution is -2.41. The van der Waals surface area contributed by atoms with E-state index in [1.165, 1.54) is 4.90 Å². The van der Waals surface area contributed by atoms with Crippen molar-refractivity contribution in [1.29, 1.82) is 0 Å². The van der Waals surface area contributed by atoms with Crippen LogP contribution in [0.3, 0.4) is 0 Å². The summed E-state index contributed by atoms with van der Waals surface area (Å²) in [6.07, 6.45) is 2.23. The Bertz CT molecular complexity index is 1050. The van der Waals surface area contributed by atoms with Crippen molar-refractivity contribution in [3.63, 3.8) is 0 Å². The molecule has 1 aliphatic heterocycles. The van der Waals surface area contributed by atoms with E-state index in [1.54, 1.807) is 36.5 Å². The van der Waals surface area contributed by atoms with E-state index in [-0.39, 0.29) is 24.2 Å². The smallest absolute Gasteiger partial charge is 0.264 e. The van der Waals surface area contributed by atoms with Gasteiger partial charge in [-0.15, -0.1) is 0 Å². The molecule has 7 heteroatoms. The van der Waals surface area contributed by atoms with Crippen molar-refractivity contribution in [3.05, 3.63) is 83.0 Å². The van der Waals surface area contributed by atoms with Gasteiger partial charge in [-0.1, -0.05) is 35.9 Å². The first-order chi connectivity index (χ1) is 14.1. The van der Waals surface area contributed by atoms with Crippen LogP contribution >= 0.6 is 11.6 Å². The van der Waals surface area contributed by atoms with Gasteiger partial charge in [0.15, 0.2) is 5.75 Å². The quantitative estimate of drug-likeness (QED) is 0.697. The van der Waals surface area contributed by atoms with E-state index < -0.39 is 0 Å². The molecule has 0 fully saturated rings. The van der Waals surface area contributed by atoms with Crippen molar-refractivity contribution in [3.8, 4) is 11.6 Å². The van der Waals surface area contributed by atoms with E-state index in [0.717, 1.165) is 5.56 Å². The summed E-state index contributed by atoms with van der Waals surface area (Å²) < 4.78 is 5.82. The highest BCUT2D eigenvalue weighted by Crippen LogP contribution is 2.37. The summed E-state index contributed by atoms with van der Waals surface area (Å²) in [7, 11) is 0. The molecule has 6 nitrogen and oxygen atoms in total. The molecule has 0 spiro atoms. The van der Waals surface area contributed by atoms with Crippen LogP contribution in [0.5, 0.6) is 11.6 Å². The average Bonchev–Trinajstić information content (AvgIpc) is 2.85. The topological polar surface area (TPSA) is 71.5 Å². The maximum atomic E-state index is 13.1. The number of ether oxygens (including phenoxy) is 1. The molecule has 2 aromatic carbocycles. The zero-order valence-electron chi connectivity index (χ0n) is 15.5. The fourth-order valence-electron chi connectivity index (χ4n) is 3.11. The molecular weight excluding hydrogens is 390 g/mol. The minimum Gasteiger partial charge on any atom is -0.436 e. The molecule has 2 amide bonds. The third kappa shape index (κ3) is 4.22. The fraction of sp³-hybridized carbons (Fsp3) is 0.136. The van der Waals surface area contributed by atoms with Crippen molar-refractivity contribution < 1.29 is 14.3 Å². The number of para-hydroxylation sites is 2. The van der Waals surface area contributed by atoms with E-state index in [0.29, 0.717) is 35.0 Å². The molecule has 0 atom stereocenters. The third-order valence-electron chi connectivity index (χ3n) is 4.56.